The minimum absolute atomic E-state index is 0.0751. The van der Waals surface area contributed by atoms with Crippen molar-refractivity contribution in [3.05, 3.63) is 34.9 Å². The number of aryl methyl sites for hydroxylation is 1. The molecule has 0 aromatic heterocycles. The first kappa shape index (κ1) is 14.1. The zero-order valence-electron chi connectivity index (χ0n) is 11.0. The molecule has 0 bridgehead atoms. The molecule has 0 aliphatic rings. The minimum Gasteiger partial charge on any atom is -0.389 e. The monoisotopic (exact) mass is 251 g/mol. The minimum atomic E-state index is -0.0751. The summed E-state index contributed by atoms with van der Waals surface area (Å²) in [7, 11) is 0. The van der Waals surface area contributed by atoms with E-state index in [1.165, 1.54) is 11.1 Å². The van der Waals surface area contributed by atoms with E-state index in [1.54, 1.807) is 0 Å². The second kappa shape index (κ2) is 5.61. The second-order valence-corrected chi connectivity index (χ2v) is 5.35. The van der Waals surface area contributed by atoms with Crippen LogP contribution in [0.5, 0.6) is 0 Å². The molecule has 2 N–H and O–H groups in total. The lowest BCUT2D eigenvalue weighted by Crippen LogP contribution is -2.23. The van der Waals surface area contributed by atoms with Crippen molar-refractivity contribution in [3.63, 3.8) is 0 Å². The number of hydrogen-bond acceptors (Lipinski definition) is 2. The number of rotatable bonds is 5. The molecule has 0 amide bonds. The topological polar surface area (TPSA) is 35.2 Å². The van der Waals surface area contributed by atoms with E-state index in [-0.39, 0.29) is 5.60 Å². The van der Waals surface area contributed by atoms with Crippen molar-refractivity contribution in [2.45, 2.75) is 46.3 Å². The van der Waals surface area contributed by atoms with Crippen LogP contribution < -0.4 is 5.73 Å². The van der Waals surface area contributed by atoms with Gasteiger partial charge >= 0.3 is 0 Å². The van der Waals surface area contributed by atoms with Gasteiger partial charge in [0, 0.05) is 5.56 Å². The molecule has 0 atom stereocenters. The summed E-state index contributed by atoms with van der Waals surface area (Å²) in [4.78, 5) is 0.439. The lowest BCUT2D eigenvalue weighted by molar-refractivity contribution is -0.0318. The summed E-state index contributed by atoms with van der Waals surface area (Å²) < 4.78 is 5.88. The third kappa shape index (κ3) is 4.10. The highest BCUT2D eigenvalue weighted by Crippen LogP contribution is 2.19. The van der Waals surface area contributed by atoms with Crippen molar-refractivity contribution in [1.82, 2.24) is 0 Å². The van der Waals surface area contributed by atoms with Crippen molar-refractivity contribution in [2.75, 3.05) is 0 Å². The van der Waals surface area contributed by atoms with Crippen LogP contribution in [0.3, 0.4) is 0 Å². The largest absolute Gasteiger partial charge is 0.389 e. The smallest absolute Gasteiger partial charge is 0.103 e. The Morgan fingerprint density at radius 1 is 1.41 bits per heavy atom. The van der Waals surface area contributed by atoms with Gasteiger partial charge in [-0.05, 0) is 44.4 Å². The van der Waals surface area contributed by atoms with Gasteiger partial charge in [0.05, 0.1) is 12.2 Å². The Morgan fingerprint density at radius 2 is 2.06 bits per heavy atom. The van der Waals surface area contributed by atoms with E-state index >= 15 is 0 Å². The maximum absolute atomic E-state index is 5.88. The first-order chi connectivity index (χ1) is 7.85. The molecule has 0 saturated carbocycles. The molecule has 1 rings (SSSR count). The van der Waals surface area contributed by atoms with Crippen LogP contribution in [0, 0.1) is 6.92 Å². The fourth-order valence-electron chi connectivity index (χ4n) is 1.39. The second-order valence-electron chi connectivity index (χ2n) is 4.91. The maximum Gasteiger partial charge on any atom is 0.103 e. The predicted molar refractivity (Wildman–Crippen MR) is 76.2 cm³/mol. The van der Waals surface area contributed by atoms with Crippen LogP contribution in [0.4, 0.5) is 0 Å². The van der Waals surface area contributed by atoms with Crippen LogP contribution in [0.1, 0.15) is 43.9 Å². The summed E-state index contributed by atoms with van der Waals surface area (Å²) in [5.74, 6) is 0. The summed E-state index contributed by atoms with van der Waals surface area (Å²) >= 11 is 4.95. The van der Waals surface area contributed by atoms with Gasteiger partial charge < -0.3 is 10.5 Å². The number of hydrogen-bond donors (Lipinski definition) is 1. The van der Waals surface area contributed by atoms with Gasteiger partial charge in [-0.15, -0.1) is 0 Å². The summed E-state index contributed by atoms with van der Waals surface area (Å²) in [6.45, 7) is 9.02. The van der Waals surface area contributed by atoms with E-state index in [9.17, 15) is 0 Å². The van der Waals surface area contributed by atoms with Crippen LogP contribution in [-0.4, -0.2) is 10.6 Å². The molecule has 0 aliphatic heterocycles. The predicted octanol–water partition coefficient (Wildman–Crippen LogP) is 3.33. The Bertz CT molecular complexity index is 413. The van der Waals surface area contributed by atoms with Crippen LogP contribution in [0.25, 0.3) is 0 Å². The molecule has 0 fully saturated rings. The molecule has 0 aliphatic carbocycles. The molecule has 17 heavy (non-hydrogen) atoms. The first-order valence-corrected chi connectivity index (χ1v) is 6.30. The standard InChI is InChI=1S/C14H21NOS/c1-5-14(3,4)16-9-12-7-6-11(13(15)17)8-10(12)2/h6-8H,5,9H2,1-4H3,(H2,15,17). The third-order valence-corrected chi connectivity index (χ3v) is 3.33. The van der Waals surface area contributed by atoms with Gasteiger partial charge in [-0.25, -0.2) is 0 Å². The highest BCUT2D eigenvalue weighted by Gasteiger charge is 2.15. The summed E-state index contributed by atoms with van der Waals surface area (Å²) in [5.41, 5.74) is 8.79. The number of nitrogens with two attached hydrogens (primary N) is 1. The van der Waals surface area contributed by atoms with Crippen molar-refractivity contribution < 1.29 is 4.74 Å². The summed E-state index contributed by atoms with van der Waals surface area (Å²) in [6.07, 6.45) is 0.997. The van der Waals surface area contributed by atoms with Gasteiger partial charge in [0.15, 0.2) is 0 Å². The molecule has 3 heteroatoms. The molecular formula is C14H21NOS. The highest BCUT2D eigenvalue weighted by molar-refractivity contribution is 7.80. The molecular weight excluding hydrogens is 230 g/mol. The first-order valence-electron chi connectivity index (χ1n) is 5.89. The average molecular weight is 251 g/mol. The molecule has 0 radical (unpaired) electrons. The van der Waals surface area contributed by atoms with Crippen molar-refractivity contribution in [2.24, 2.45) is 5.73 Å². The van der Waals surface area contributed by atoms with E-state index in [0.29, 0.717) is 11.6 Å². The zero-order valence-corrected chi connectivity index (χ0v) is 11.9. The lowest BCUT2D eigenvalue weighted by atomic mass is 10.0. The van der Waals surface area contributed by atoms with Crippen LogP contribution >= 0.6 is 12.2 Å². The van der Waals surface area contributed by atoms with E-state index in [2.05, 4.69) is 27.7 Å². The Balaban J connectivity index is 2.77. The van der Waals surface area contributed by atoms with Crippen molar-refractivity contribution in [3.8, 4) is 0 Å². The summed E-state index contributed by atoms with van der Waals surface area (Å²) in [6, 6.07) is 6.00. The van der Waals surface area contributed by atoms with Gasteiger partial charge in [0.2, 0.25) is 0 Å². The Labute approximate surface area is 109 Å². The zero-order chi connectivity index (χ0) is 13.1. The van der Waals surface area contributed by atoms with Gasteiger partial charge in [-0.2, -0.15) is 0 Å². The molecule has 2 nitrogen and oxygen atoms in total. The number of ether oxygens (including phenoxy) is 1. The van der Waals surface area contributed by atoms with Gasteiger partial charge in [-0.1, -0.05) is 31.3 Å². The molecule has 0 unspecified atom stereocenters. The molecule has 0 heterocycles. The van der Waals surface area contributed by atoms with Crippen LogP contribution in [0.15, 0.2) is 18.2 Å². The third-order valence-electron chi connectivity index (χ3n) is 3.10. The van der Waals surface area contributed by atoms with E-state index in [1.807, 2.05) is 18.2 Å². The fourth-order valence-corrected chi connectivity index (χ4v) is 1.51. The number of benzene rings is 1. The molecule has 0 spiro atoms. The quantitative estimate of drug-likeness (QED) is 0.815. The molecule has 1 aromatic carbocycles. The van der Waals surface area contributed by atoms with Gasteiger partial charge in [-0.3, -0.25) is 0 Å². The maximum atomic E-state index is 5.88. The Hall–Kier alpha value is -0.930. The van der Waals surface area contributed by atoms with Crippen LogP contribution in [0.2, 0.25) is 0 Å². The van der Waals surface area contributed by atoms with E-state index in [0.717, 1.165) is 12.0 Å². The van der Waals surface area contributed by atoms with Gasteiger partial charge in [0.1, 0.15) is 4.99 Å². The SMILES string of the molecule is CCC(C)(C)OCc1ccc(C(N)=S)cc1C. The highest BCUT2D eigenvalue weighted by atomic mass is 32.1. The average Bonchev–Trinajstić information content (AvgIpc) is 2.27. The van der Waals surface area contributed by atoms with E-state index < -0.39 is 0 Å². The Kier molecular flexibility index (Phi) is 4.66. The Morgan fingerprint density at radius 3 is 2.53 bits per heavy atom. The molecule has 94 valence electrons. The van der Waals surface area contributed by atoms with Crippen LogP contribution in [-0.2, 0) is 11.3 Å². The van der Waals surface area contributed by atoms with Gasteiger partial charge in [0.25, 0.3) is 0 Å². The molecule has 0 saturated heterocycles. The molecule has 1 aromatic rings. The number of thiocarbonyl (C=S) groups is 1. The summed E-state index contributed by atoms with van der Waals surface area (Å²) in [5, 5.41) is 0. The van der Waals surface area contributed by atoms with Crippen molar-refractivity contribution in [1.29, 1.82) is 0 Å². The fraction of sp³-hybridized carbons (Fsp3) is 0.500. The normalized spacial score (nSPS) is 11.5. The van der Waals surface area contributed by atoms with Crippen molar-refractivity contribution >= 4 is 17.2 Å². The lowest BCUT2D eigenvalue weighted by Gasteiger charge is -2.24. The van der Waals surface area contributed by atoms with E-state index in [4.69, 9.17) is 22.7 Å².